The summed E-state index contributed by atoms with van der Waals surface area (Å²) in [4.78, 5) is 12.9. The molecule has 2 aliphatic carbocycles. The molecule has 2 aromatic carbocycles. The van der Waals surface area contributed by atoms with Crippen molar-refractivity contribution >= 4 is 5.91 Å². The maximum absolute atomic E-state index is 12.9. The van der Waals surface area contributed by atoms with E-state index in [1.807, 2.05) is 24.3 Å². The average molecular weight is 394 g/mol. The van der Waals surface area contributed by atoms with Crippen LogP contribution in [0.15, 0.2) is 36.4 Å². The van der Waals surface area contributed by atoms with Gasteiger partial charge in [0.2, 0.25) is 0 Å². The summed E-state index contributed by atoms with van der Waals surface area (Å²) >= 11 is 0. The lowest BCUT2D eigenvalue weighted by Crippen LogP contribution is -2.44. The van der Waals surface area contributed by atoms with Crippen molar-refractivity contribution in [3.8, 4) is 11.5 Å². The number of rotatable bonds is 5. The molecule has 1 N–H and O–H groups in total. The number of hydrogen-bond donors (Lipinski definition) is 1. The Bertz CT molecular complexity index is 922. The van der Waals surface area contributed by atoms with E-state index in [4.69, 9.17) is 9.47 Å². The number of hydrogen-bond acceptors (Lipinski definition) is 3. The summed E-state index contributed by atoms with van der Waals surface area (Å²) in [6.45, 7) is 5.21. The fourth-order valence-electron chi connectivity index (χ4n) is 5.37. The number of methoxy groups -OCH3 is 2. The van der Waals surface area contributed by atoms with Crippen LogP contribution in [0.2, 0.25) is 0 Å². The number of amides is 1. The molecule has 0 aromatic heterocycles. The maximum atomic E-state index is 12.9. The largest absolute Gasteiger partial charge is 0.497 e. The molecule has 2 aliphatic rings. The van der Waals surface area contributed by atoms with Crippen LogP contribution in [0.3, 0.4) is 0 Å². The minimum atomic E-state index is -0.0418. The Kier molecular flexibility index (Phi) is 5.28. The number of benzene rings is 2. The third kappa shape index (κ3) is 3.50. The second kappa shape index (κ2) is 7.74. The predicted octanol–water partition coefficient (Wildman–Crippen LogP) is 4.88. The SMILES string of the molecule is COc1ccc(CNC(=O)c2ccc3c(c2)[C@@]2(C)CCC[C@@H](C3)[C@H]2C)c(OC)c1. The Balaban J connectivity index is 1.54. The van der Waals surface area contributed by atoms with Gasteiger partial charge in [0.05, 0.1) is 14.2 Å². The van der Waals surface area contributed by atoms with Crippen molar-refractivity contribution in [2.24, 2.45) is 11.8 Å². The van der Waals surface area contributed by atoms with Gasteiger partial charge in [-0.25, -0.2) is 0 Å². The molecule has 29 heavy (non-hydrogen) atoms. The lowest BCUT2D eigenvalue weighted by Gasteiger charge is -2.50. The van der Waals surface area contributed by atoms with Gasteiger partial charge in [-0.15, -0.1) is 0 Å². The lowest BCUT2D eigenvalue weighted by atomic mass is 9.54. The van der Waals surface area contributed by atoms with Crippen LogP contribution < -0.4 is 14.8 Å². The second-order valence-corrected chi connectivity index (χ2v) is 8.79. The van der Waals surface area contributed by atoms with Crippen molar-refractivity contribution < 1.29 is 14.3 Å². The molecule has 0 heterocycles. The van der Waals surface area contributed by atoms with Gasteiger partial charge in [-0.1, -0.05) is 26.3 Å². The van der Waals surface area contributed by atoms with Crippen LogP contribution in [0.25, 0.3) is 0 Å². The highest BCUT2D eigenvalue weighted by Crippen LogP contribution is 2.52. The van der Waals surface area contributed by atoms with Crippen LogP contribution >= 0.6 is 0 Å². The minimum Gasteiger partial charge on any atom is -0.497 e. The topological polar surface area (TPSA) is 47.6 Å². The zero-order valence-corrected chi connectivity index (χ0v) is 17.9. The van der Waals surface area contributed by atoms with Gasteiger partial charge in [0, 0.05) is 23.7 Å². The van der Waals surface area contributed by atoms with Crippen molar-refractivity contribution in [1.82, 2.24) is 5.32 Å². The van der Waals surface area contributed by atoms with Crippen LogP contribution in [-0.2, 0) is 18.4 Å². The van der Waals surface area contributed by atoms with Crippen molar-refractivity contribution in [3.05, 3.63) is 58.7 Å². The Hall–Kier alpha value is -2.49. The average Bonchev–Trinajstić information content (AvgIpc) is 2.74. The molecule has 0 aliphatic heterocycles. The molecule has 3 atom stereocenters. The summed E-state index contributed by atoms with van der Waals surface area (Å²) in [7, 11) is 3.26. The van der Waals surface area contributed by atoms with E-state index in [0.29, 0.717) is 18.2 Å². The standard InChI is InChI=1S/C25H31NO3/c1-16-17-6-5-11-25(16,2)22-13-19(8-7-18(22)12-17)24(27)26-15-20-9-10-21(28-3)14-23(20)29-4/h7-10,13-14,16-17H,5-6,11-12,15H2,1-4H3,(H,26,27)/t16-,17+,25+/m1/s1. The zero-order valence-electron chi connectivity index (χ0n) is 17.9. The van der Waals surface area contributed by atoms with E-state index in [2.05, 4.69) is 31.3 Å². The van der Waals surface area contributed by atoms with Gasteiger partial charge in [-0.3, -0.25) is 4.79 Å². The molecular formula is C25H31NO3. The van der Waals surface area contributed by atoms with Crippen molar-refractivity contribution in [2.45, 2.75) is 51.5 Å². The number of fused-ring (bicyclic) bond motifs is 4. The highest BCUT2D eigenvalue weighted by molar-refractivity contribution is 5.94. The fraction of sp³-hybridized carbons (Fsp3) is 0.480. The molecule has 2 bridgehead atoms. The highest BCUT2D eigenvalue weighted by Gasteiger charge is 2.45. The summed E-state index contributed by atoms with van der Waals surface area (Å²) in [6, 6.07) is 11.9. The number of nitrogens with one attached hydrogen (secondary N) is 1. The Morgan fingerprint density at radius 3 is 2.76 bits per heavy atom. The van der Waals surface area contributed by atoms with Crippen LogP contribution in [0.5, 0.6) is 11.5 Å². The van der Waals surface area contributed by atoms with Crippen molar-refractivity contribution in [2.75, 3.05) is 14.2 Å². The molecule has 0 unspecified atom stereocenters. The molecule has 4 rings (SSSR count). The van der Waals surface area contributed by atoms with E-state index >= 15 is 0 Å². The summed E-state index contributed by atoms with van der Waals surface area (Å²) < 4.78 is 10.7. The van der Waals surface area contributed by atoms with Gasteiger partial charge in [-0.05, 0) is 71.9 Å². The molecule has 1 fully saturated rings. The monoisotopic (exact) mass is 393 g/mol. The van der Waals surface area contributed by atoms with E-state index in [1.54, 1.807) is 14.2 Å². The molecule has 1 saturated carbocycles. The first kappa shape index (κ1) is 19.8. The van der Waals surface area contributed by atoms with Crippen molar-refractivity contribution in [3.63, 3.8) is 0 Å². The van der Waals surface area contributed by atoms with E-state index < -0.39 is 0 Å². The van der Waals surface area contributed by atoms with Crippen LogP contribution in [0, 0.1) is 11.8 Å². The van der Waals surface area contributed by atoms with E-state index in [1.165, 1.54) is 30.4 Å². The van der Waals surface area contributed by atoms with Gasteiger partial charge in [0.15, 0.2) is 0 Å². The quantitative estimate of drug-likeness (QED) is 0.787. The van der Waals surface area contributed by atoms with E-state index in [-0.39, 0.29) is 11.3 Å². The highest BCUT2D eigenvalue weighted by atomic mass is 16.5. The smallest absolute Gasteiger partial charge is 0.251 e. The van der Waals surface area contributed by atoms with E-state index in [0.717, 1.165) is 29.2 Å². The minimum absolute atomic E-state index is 0.0418. The second-order valence-electron chi connectivity index (χ2n) is 8.79. The number of ether oxygens (including phenoxy) is 2. The molecule has 1 amide bonds. The number of carbonyl (C=O) groups is 1. The first-order chi connectivity index (χ1) is 14.0. The normalized spacial score (nSPS) is 25.1. The molecule has 0 spiro atoms. The Labute approximate surface area is 173 Å². The first-order valence-corrected chi connectivity index (χ1v) is 10.6. The van der Waals surface area contributed by atoms with Crippen LogP contribution in [0.4, 0.5) is 0 Å². The van der Waals surface area contributed by atoms with E-state index in [9.17, 15) is 4.79 Å². The van der Waals surface area contributed by atoms with Crippen molar-refractivity contribution in [1.29, 1.82) is 0 Å². The first-order valence-electron chi connectivity index (χ1n) is 10.6. The Morgan fingerprint density at radius 2 is 2.00 bits per heavy atom. The molecule has 2 aromatic rings. The van der Waals surface area contributed by atoms with Gasteiger partial charge in [-0.2, -0.15) is 0 Å². The summed E-state index contributed by atoms with van der Waals surface area (Å²) in [6.07, 6.45) is 4.99. The Morgan fingerprint density at radius 1 is 1.17 bits per heavy atom. The zero-order chi connectivity index (χ0) is 20.6. The van der Waals surface area contributed by atoms with Crippen LogP contribution in [-0.4, -0.2) is 20.1 Å². The predicted molar refractivity (Wildman–Crippen MR) is 115 cm³/mol. The van der Waals surface area contributed by atoms with Crippen LogP contribution in [0.1, 0.15) is 60.2 Å². The van der Waals surface area contributed by atoms with Gasteiger partial charge < -0.3 is 14.8 Å². The third-order valence-electron chi connectivity index (χ3n) is 7.39. The molecule has 0 radical (unpaired) electrons. The van der Waals surface area contributed by atoms with Gasteiger partial charge >= 0.3 is 0 Å². The molecule has 4 nitrogen and oxygen atoms in total. The molecule has 4 heteroatoms. The maximum Gasteiger partial charge on any atom is 0.251 e. The summed E-state index contributed by atoms with van der Waals surface area (Å²) in [5, 5.41) is 3.05. The lowest BCUT2D eigenvalue weighted by molar-refractivity contribution is 0.0949. The molecule has 154 valence electrons. The molecular weight excluding hydrogens is 362 g/mol. The summed E-state index contributed by atoms with van der Waals surface area (Å²) in [5.41, 5.74) is 4.68. The molecule has 0 saturated heterocycles. The van der Waals surface area contributed by atoms with Gasteiger partial charge in [0.1, 0.15) is 11.5 Å². The summed E-state index contributed by atoms with van der Waals surface area (Å²) in [5.74, 6) is 2.86. The third-order valence-corrected chi connectivity index (χ3v) is 7.39. The number of carbonyl (C=O) groups excluding carboxylic acids is 1. The van der Waals surface area contributed by atoms with Gasteiger partial charge in [0.25, 0.3) is 5.91 Å². The fourth-order valence-corrected chi connectivity index (χ4v) is 5.37.